The smallest absolute Gasteiger partial charge is 0.145 e. The number of ether oxygens (including phenoxy) is 1. The number of nitrogen functional groups attached to an aromatic ring is 1. The fourth-order valence-corrected chi connectivity index (χ4v) is 3.09. The topological polar surface area (TPSA) is 84.8 Å². The second-order valence-electron chi connectivity index (χ2n) is 5.93. The zero-order valence-electron chi connectivity index (χ0n) is 14.0. The number of hydrogen-bond donors (Lipinski definition) is 1. The van der Waals surface area contributed by atoms with Crippen LogP contribution < -0.4 is 10.5 Å². The van der Waals surface area contributed by atoms with E-state index in [4.69, 9.17) is 10.5 Å². The highest BCUT2D eigenvalue weighted by Crippen LogP contribution is 2.28. The lowest BCUT2D eigenvalue weighted by Gasteiger charge is -2.11. The number of rotatable bonds is 4. The van der Waals surface area contributed by atoms with Crippen molar-refractivity contribution >= 4 is 27.5 Å². The highest BCUT2D eigenvalue weighted by Gasteiger charge is 2.09. The van der Waals surface area contributed by atoms with Crippen LogP contribution in [0.2, 0.25) is 0 Å². The Balaban J connectivity index is 1.59. The van der Waals surface area contributed by atoms with Crippen LogP contribution in [0.15, 0.2) is 60.9 Å². The number of nitriles is 1. The van der Waals surface area contributed by atoms with Gasteiger partial charge in [0, 0.05) is 35.3 Å². The molecule has 0 amide bonds. The first-order valence-corrected chi connectivity index (χ1v) is 8.30. The average molecular weight is 340 g/mol. The molecule has 4 rings (SSSR count). The first-order chi connectivity index (χ1) is 12.8. The predicted octanol–water partition coefficient (Wildman–Crippen LogP) is 3.86. The van der Waals surface area contributed by atoms with Crippen molar-refractivity contribution in [3.8, 4) is 11.8 Å². The van der Waals surface area contributed by atoms with E-state index in [-0.39, 0.29) is 0 Å². The maximum absolute atomic E-state index is 9.25. The molecule has 5 nitrogen and oxygen atoms in total. The van der Waals surface area contributed by atoms with Crippen molar-refractivity contribution in [2.45, 2.75) is 6.42 Å². The molecule has 5 heteroatoms. The van der Waals surface area contributed by atoms with E-state index in [1.165, 1.54) is 0 Å². The van der Waals surface area contributed by atoms with Crippen molar-refractivity contribution in [3.63, 3.8) is 0 Å². The SMILES string of the molecule is N#Cc1ccc(CCOc2ccc(N)c3cccnc23)c2ncccc12. The average Bonchev–Trinajstić information content (AvgIpc) is 2.70. The quantitative estimate of drug-likeness (QED) is 0.570. The van der Waals surface area contributed by atoms with Crippen molar-refractivity contribution in [2.75, 3.05) is 12.3 Å². The summed E-state index contributed by atoms with van der Waals surface area (Å²) < 4.78 is 5.97. The monoisotopic (exact) mass is 340 g/mol. The van der Waals surface area contributed by atoms with E-state index in [2.05, 4.69) is 16.0 Å². The highest BCUT2D eigenvalue weighted by molar-refractivity contribution is 5.94. The number of benzene rings is 2. The molecular weight excluding hydrogens is 324 g/mol. The van der Waals surface area contributed by atoms with Crippen molar-refractivity contribution in [1.82, 2.24) is 9.97 Å². The van der Waals surface area contributed by atoms with Gasteiger partial charge in [-0.1, -0.05) is 6.07 Å². The van der Waals surface area contributed by atoms with E-state index in [1.807, 2.05) is 48.5 Å². The normalized spacial score (nSPS) is 10.7. The number of aromatic nitrogens is 2. The van der Waals surface area contributed by atoms with E-state index in [0.717, 1.165) is 27.4 Å². The summed E-state index contributed by atoms with van der Waals surface area (Å²) in [5.74, 6) is 0.709. The molecule has 126 valence electrons. The van der Waals surface area contributed by atoms with Gasteiger partial charge < -0.3 is 10.5 Å². The molecule has 0 aliphatic carbocycles. The Labute approximate surface area is 150 Å². The van der Waals surface area contributed by atoms with Gasteiger partial charge in [-0.25, -0.2) is 0 Å². The molecule has 4 aromatic rings. The molecule has 0 aliphatic heterocycles. The summed E-state index contributed by atoms with van der Waals surface area (Å²) in [6.45, 7) is 0.479. The molecule has 0 unspecified atom stereocenters. The lowest BCUT2D eigenvalue weighted by molar-refractivity contribution is 0.325. The Kier molecular flexibility index (Phi) is 4.08. The van der Waals surface area contributed by atoms with Crippen molar-refractivity contribution < 1.29 is 4.74 Å². The lowest BCUT2D eigenvalue weighted by Crippen LogP contribution is -2.04. The Morgan fingerprint density at radius 2 is 1.69 bits per heavy atom. The Morgan fingerprint density at radius 1 is 0.923 bits per heavy atom. The van der Waals surface area contributed by atoms with Gasteiger partial charge in [-0.2, -0.15) is 5.26 Å². The molecular formula is C21H16N4O. The number of nitrogens with two attached hydrogens (primary N) is 1. The third-order valence-corrected chi connectivity index (χ3v) is 4.37. The zero-order chi connectivity index (χ0) is 17.9. The van der Waals surface area contributed by atoms with Gasteiger partial charge in [-0.15, -0.1) is 0 Å². The molecule has 2 aromatic heterocycles. The molecule has 26 heavy (non-hydrogen) atoms. The molecule has 0 fully saturated rings. The van der Waals surface area contributed by atoms with Crippen LogP contribution in [0.5, 0.6) is 5.75 Å². The van der Waals surface area contributed by atoms with E-state index in [9.17, 15) is 5.26 Å². The second-order valence-corrected chi connectivity index (χ2v) is 5.93. The highest BCUT2D eigenvalue weighted by atomic mass is 16.5. The molecule has 0 saturated carbocycles. The lowest BCUT2D eigenvalue weighted by atomic mass is 10.0. The third-order valence-electron chi connectivity index (χ3n) is 4.37. The van der Waals surface area contributed by atoms with Gasteiger partial charge in [-0.3, -0.25) is 9.97 Å². The van der Waals surface area contributed by atoms with Crippen LogP contribution in [0.4, 0.5) is 5.69 Å². The summed E-state index contributed by atoms with van der Waals surface area (Å²) >= 11 is 0. The number of hydrogen-bond acceptors (Lipinski definition) is 5. The molecule has 2 heterocycles. The fourth-order valence-electron chi connectivity index (χ4n) is 3.09. The largest absolute Gasteiger partial charge is 0.491 e. The minimum absolute atomic E-state index is 0.479. The number of anilines is 1. The van der Waals surface area contributed by atoms with E-state index in [1.54, 1.807) is 12.4 Å². The molecule has 2 N–H and O–H groups in total. The predicted molar refractivity (Wildman–Crippen MR) is 102 cm³/mol. The van der Waals surface area contributed by atoms with E-state index in [0.29, 0.717) is 30.0 Å². The van der Waals surface area contributed by atoms with Gasteiger partial charge in [0.1, 0.15) is 11.3 Å². The molecule has 0 saturated heterocycles. The first kappa shape index (κ1) is 15.9. The van der Waals surface area contributed by atoms with Crippen molar-refractivity contribution in [1.29, 1.82) is 5.26 Å². The minimum Gasteiger partial charge on any atom is -0.491 e. The molecule has 2 aromatic carbocycles. The fraction of sp³-hybridized carbons (Fsp3) is 0.0952. The van der Waals surface area contributed by atoms with Gasteiger partial charge in [0.25, 0.3) is 0 Å². The van der Waals surface area contributed by atoms with Crippen LogP contribution in [0.3, 0.4) is 0 Å². The number of pyridine rings is 2. The van der Waals surface area contributed by atoms with Gasteiger partial charge in [-0.05, 0) is 48.0 Å². The maximum atomic E-state index is 9.25. The van der Waals surface area contributed by atoms with Crippen LogP contribution >= 0.6 is 0 Å². The summed E-state index contributed by atoms with van der Waals surface area (Å²) in [4.78, 5) is 8.83. The van der Waals surface area contributed by atoms with E-state index >= 15 is 0 Å². The molecule has 0 spiro atoms. The summed E-state index contributed by atoms with van der Waals surface area (Å²) in [7, 11) is 0. The van der Waals surface area contributed by atoms with Crippen LogP contribution in [0, 0.1) is 11.3 Å². The van der Waals surface area contributed by atoms with Crippen LogP contribution in [-0.2, 0) is 6.42 Å². The second kappa shape index (κ2) is 6.69. The summed E-state index contributed by atoms with van der Waals surface area (Å²) in [5, 5.41) is 11.0. The Hall–Kier alpha value is -3.65. The summed E-state index contributed by atoms with van der Waals surface area (Å²) in [6.07, 6.45) is 4.15. The van der Waals surface area contributed by atoms with Gasteiger partial charge in [0.05, 0.1) is 23.8 Å². The molecule has 0 bridgehead atoms. The molecule has 0 aliphatic rings. The standard InChI is InChI=1S/C21H16N4O/c22-13-15-6-5-14(20-16(15)3-1-10-24-20)9-12-26-19-8-7-18(23)17-4-2-11-25-21(17)19/h1-8,10-11H,9,12,23H2. The number of nitrogens with zero attached hydrogens (tertiary/aromatic N) is 3. The van der Waals surface area contributed by atoms with E-state index < -0.39 is 0 Å². The first-order valence-electron chi connectivity index (χ1n) is 8.30. The summed E-state index contributed by atoms with van der Waals surface area (Å²) in [6, 6.07) is 17.2. The Morgan fingerprint density at radius 3 is 2.50 bits per heavy atom. The summed E-state index contributed by atoms with van der Waals surface area (Å²) in [5.41, 5.74) is 9.97. The van der Waals surface area contributed by atoms with Crippen molar-refractivity contribution in [2.24, 2.45) is 0 Å². The van der Waals surface area contributed by atoms with Crippen LogP contribution in [0.1, 0.15) is 11.1 Å². The molecule has 0 atom stereocenters. The van der Waals surface area contributed by atoms with Crippen LogP contribution in [-0.4, -0.2) is 16.6 Å². The molecule has 0 radical (unpaired) electrons. The third kappa shape index (κ3) is 2.78. The van der Waals surface area contributed by atoms with Crippen molar-refractivity contribution in [3.05, 3.63) is 72.1 Å². The van der Waals surface area contributed by atoms with Gasteiger partial charge >= 0.3 is 0 Å². The maximum Gasteiger partial charge on any atom is 0.145 e. The van der Waals surface area contributed by atoms with Gasteiger partial charge in [0.2, 0.25) is 0 Å². The number of fused-ring (bicyclic) bond motifs is 2. The van der Waals surface area contributed by atoms with Crippen LogP contribution in [0.25, 0.3) is 21.8 Å². The van der Waals surface area contributed by atoms with Gasteiger partial charge in [0.15, 0.2) is 0 Å². The minimum atomic E-state index is 0.479. The Bertz CT molecular complexity index is 1150. The zero-order valence-corrected chi connectivity index (χ0v) is 14.0.